The van der Waals surface area contributed by atoms with Crippen molar-refractivity contribution in [3.8, 4) is 0 Å². The Morgan fingerprint density at radius 2 is 2.29 bits per heavy atom. The molecule has 8 heteroatoms. The van der Waals surface area contributed by atoms with Crippen LogP contribution in [0.25, 0.3) is 0 Å². The maximum atomic E-state index is 11.7. The number of aromatic nitrogens is 1. The zero-order valence-corrected chi connectivity index (χ0v) is 11.6. The molecule has 1 aromatic rings. The van der Waals surface area contributed by atoms with Crippen molar-refractivity contribution in [3.05, 3.63) is 47.7 Å². The minimum Gasteiger partial charge on any atom is -0.508 e. The van der Waals surface area contributed by atoms with Gasteiger partial charge in [0.25, 0.3) is 6.47 Å². The van der Waals surface area contributed by atoms with Crippen molar-refractivity contribution >= 4 is 25.3 Å². The largest absolute Gasteiger partial charge is 0.561 e. The monoisotopic (exact) mass is 290 g/mol. The minimum absolute atomic E-state index is 0.125. The number of nitrogens with one attached hydrogen (secondary N) is 1. The number of hydrogen-bond acceptors (Lipinski definition) is 6. The van der Waals surface area contributed by atoms with Gasteiger partial charge in [-0.1, -0.05) is 29.5 Å². The fourth-order valence-electron chi connectivity index (χ4n) is 1.32. The highest BCUT2D eigenvalue weighted by molar-refractivity contribution is 6.54. The van der Waals surface area contributed by atoms with E-state index in [9.17, 15) is 14.6 Å². The van der Waals surface area contributed by atoms with Gasteiger partial charge < -0.3 is 19.5 Å². The van der Waals surface area contributed by atoms with Crippen LogP contribution in [0.4, 0.5) is 5.82 Å². The van der Waals surface area contributed by atoms with Crippen LogP contribution in [0, 0.1) is 6.92 Å². The molecule has 0 aromatic carbocycles. The summed E-state index contributed by atoms with van der Waals surface area (Å²) in [6, 6.07) is 1.56. The molecule has 0 saturated heterocycles. The van der Waals surface area contributed by atoms with Crippen molar-refractivity contribution in [2.45, 2.75) is 13.8 Å². The van der Waals surface area contributed by atoms with Crippen molar-refractivity contribution < 1.29 is 23.8 Å². The van der Waals surface area contributed by atoms with E-state index >= 15 is 0 Å². The van der Waals surface area contributed by atoms with Crippen LogP contribution in [0.15, 0.2) is 46.4 Å². The van der Waals surface area contributed by atoms with Gasteiger partial charge in [0.2, 0.25) is 5.91 Å². The zero-order chi connectivity index (χ0) is 15.7. The molecule has 0 spiro atoms. The molecule has 0 radical (unpaired) electrons. The molecule has 1 amide bonds. The Hall–Kier alpha value is -2.61. The van der Waals surface area contributed by atoms with Gasteiger partial charge in [-0.15, -0.1) is 0 Å². The normalized spacial score (nSPS) is 11.9. The molecular formula is C13H15BN2O5. The Labute approximate surface area is 122 Å². The lowest BCUT2D eigenvalue weighted by atomic mass is 9.78. The van der Waals surface area contributed by atoms with E-state index < -0.39 is 13.0 Å². The van der Waals surface area contributed by atoms with Crippen molar-refractivity contribution in [2.24, 2.45) is 0 Å². The summed E-state index contributed by atoms with van der Waals surface area (Å²) in [7, 11) is -1.45. The molecule has 21 heavy (non-hydrogen) atoms. The van der Waals surface area contributed by atoms with Crippen LogP contribution in [0.5, 0.6) is 0 Å². The number of hydrogen-bond donors (Lipinski definition) is 2. The van der Waals surface area contributed by atoms with E-state index in [2.05, 4.69) is 15.1 Å². The third kappa shape index (κ3) is 5.92. The summed E-state index contributed by atoms with van der Waals surface area (Å²) in [5.41, 5.74) is 0.242. The maximum absolute atomic E-state index is 11.7. The summed E-state index contributed by atoms with van der Waals surface area (Å²) in [5, 5.41) is 15.7. The van der Waals surface area contributed by atoms with E-state index in [0.29, 0.717) is 5.76 Å². The van der Waals surface area contributed by atoms with Crippen LogP contribution >= 0.6 is 0 Å². The summed E-state index contributed by atoms with van der Waals surface area (Å²) in [5.74, 6) is 0.386. The van der Waals surface area contributed by atoms with Crippen LogP contribution in [0.2, 0.25) is 0 Å². The molecule has 0 bridgehead atoms. The second-order valence-electron chi connectivity index (χ2n) is 3.92. The Morgan fingerprint density at radius 1 is 1.52 bits per heavy atom. The van der Waals surface area contributed by atoms with E-state index in [1.54, 1.807) is 32.1 Å². The Morgan fingerprint density at radius 3 is 2.86 bits per heavy atom. The molecule has 0 aliphatic carbocycles. The average molecular weight is 290 g/mol. The Kier molecular flexibility index (Phi) is 6.69. The van der Waals surface area contributed by atoms with E-state index in [1.165, 1.54) is 18.2 Å². The SMILES string of the molecule is C\C=C/C=C(\C=C\C(=O)Nc1cc(C)on1)B(O)OC=O. The fraction of sp³-hybridized carbons (Fsp3) is 0.154. The van der Waals surface area contributed by atoms with Crippen LogP contribution < -0.4 is 5.32 Å². The third-order valence-corrected chi connectivity index (χ3v) is 2.26. The number of carbonyl (C=O) groups is 2. The molecule has 0 atom stereocenters. The van der Waals surface area contributed by atoms with Crippen molar-refractivity contribution in [3.63, 3.8) is 0 Å². The van der Waals surface area contributed by atoms with Crippen LogP contribution in [0.3, 0.4) is 0 Å². The first-order valence-electron chi connectivity index (χ1n) is 6.09. The first kappa shape index (κ1) is 16.4. The number of rotatable bonds is 7. The van der Waals surface area contributed by atoms with Gasteiger partial charge in [-0.05, 0) is 19.3 Å². The molecule has 0 aliphatic rings. The number of nitrogens with zero attached hydrogens (tertiary/aromatic N) is 1. The Bertz CT molecular complexity index is 577. The fourth-order valence-corrected chi connectivity index (χ4v) is 1.32. The zero-order valence-electron chi connectivity index (χ0n) is 11.6. The number of allylic oxidation sites excluding steroid dienone is 5. The topological polar surface area (TPSA) is 102 Å². The maximum Gasteiger partial charge on any atom is 0.561 e. The van der Waals surface area contributed by atoms with Crippen molar-refractivity contribution in [1.29, 1.82) is 0 Å². The number of aryl methyl sites for hydroxylation is 1. The molecule has 1 heterocycles. The first-order chi connectivity index (χ1) is 10.1. The van der Waals surface area contributed by atoms with Gasteiger partial charge >= 0.3 is 7.12 Å². The van der Waals surface area contributed by atoms with E-state index in [4.69, 9.17) is 4.52 Å². The number of amides is 1. The molecule has 2 N–H and O–H groups in total. The van der Waals surface area contributed by atoms with Gasteiger partial charge in [-0.3, -0.25) is 9.59 Å². The summed E-state index contributed by atoms with van der Waals surface area (Å²) < 4.78 is 9.22. The Balaban J connectivity index is 2.72. The van der Waals surface area contributed by atoms with E-state index in [-0.39, 0.29) is 17.8 Å². The van der Waals surface area contributed by atoms with Gasteiger partial charge in [0.1, 0.15) is 5.76 Å². The summed E-state index contributed by atoms with van der Waals surface area (Å²) in [6.07, 6.45) is 7.38. The highest BCUT2D eigenvalue weighted by Gasteiger charge is 2.18. The van der Waals surface area contributed by atoms with Gasteiger partial charge in [-0.2, -0.15) is 0 Å². The standard InChI is InChI=1S/C13H15BN2O5/c1-3-4-5-11(14(19)20-9-17)6-7-13(18)15-12-8-10(2)21-16-12/h3-9,19H,1-2H3,(H,15,16,18)/b4-3-,7-6+,11-5+. The molecule has 0 saturated carbocycles. The van der Waals surface area contributed by atoms with E-state index in [0.717, 1.165) is 0 Å². The van der Waals surface area contributed by atoms with Crippen molar-refractivity contribution in [1.82, 2.24) is 5.16 Å². The van der Waals surface area contributed by atoms with Crippen molar-refractivity contribution in [2.75, 3.05) is 5.32 Å². The predicted octanol–water partition coefficient (Wildman–Crippen LogP) is 1.17. The highest BCUT2D eigenvalue weighted by Crippen LogP contribution is 2.07. The lowest BCUT2D eigenvalue weighted by molar-refractivity contribution is -0.121. The average Bonchev–Trinajstić information content (AvgIpc) is 2.84. The highest BCUT2D eigenvalue weighted by atomic mass is 16.5. The van der Waals surface area contributed by atoms with Crippen LogP contribution in [-0.4, -0.2) is 29.7 Å². The van der Waals surface area contributed by atoms with Crippen LogP contribution in [0.1, 0.15) is 12.7 Å². The predicted molar refractivity (Wildman–Crippen MR) is 77.0 cm³/mol. The molecule has 0 fully saturated rings. The van der Waals surface area contributed by atoms with Crippen LogP contribution in [-0.2, 0) is 14.2 Å². The molecular weight excluding hydrogens is 275 g/mol. The minimum atomic E-state index is -1.45. The third-order valence-electron chi connectivity index (χ3n) is 2.26. The van der Waals surface area contributed by atoms with Gasteiger partial charge in [0, 0.05) is 12.1 Å². The van der Waals surface area contributed by atoms with Gasteiger partial charge in [-0.25, -0.2) is 0 Å². The lowest BCUT2D eigenvalue weighted by Crippen LogP contribution is -2.20. The second kappa shape index (κ2) is 8.54. The smallest absolute Gasteiger partial charge is 0.508 e. The molecule has 110 valence electrons. The summed E-state index contributed by atoms with van der Waals surface area (Å²) in [4.78, 5) is 21.9. The van der Waals surface area contributed by atoms with Gasteiger partial charge in [0.15, 0.2) is 5.82 Å². The van der Waals surface area contributed by atoms with Gasteiger partial charge in [0.05, 0.1) is 0 Å². The molecule has 0 aliphatic heterocycles. The second-order valence-corrected chi connectivity index (χ2v) is 3.92. The summed E-state index contributed by atoms with van der Waals surface area (Å²) in [6.45, 7) is 3.61. The molecule has 1 rings (SSSR count). The first-order valence-corrected chi connectivity index (χ1v) is 6.09. The molecule has 1 aromatic heterocycles. The number of carbonyl (C=O) groups excluding carboxylic acids is 2. The summed E-state index contributed by atoms with van der Waals surface area (Å²) >= 11 is 0. The molecule has 7 nitrogen and oxygen atoms in total. The molecule has 0 unspecified atom stereocenters. The number of anilines is 1. The lowest BCUT2D eigenvalue weighted by Gasteiger charge is -2.03. The van der Waals surface area contributed by atoms with E-state index in [1.807, 2.05) is 0 Å². The quantitative estimate of drug-likeness (QED) is 0.338.